The Morgan fingerprint density at radius 1 is 1.20 bits per heavy atom. The van der Waals surface area contributed by atoms with E-state index < -0.39 is 15.8 Å². The van der Waals surface area contributed by atoms with E-state index >= 15 is 0 Å². The summed E-state index contributed by atoms with van der Waals surface area (Å²) in [5.41, 5.74) is 0.266. The van der Waals surface area contributed by atoms with E-state index in [0.717, 1.165) is 6.26 Å². The van der Waals surface area contributed by atoms with E-state index in [2.05, 4.69) is 10.6 Å². The summed E-state index contributed by atoms with van der Waals surface area (Å²) < 4.78 is 33.2. The molecule has 0 spiro atoms. The molecule has 1 aromatic rings. The van der Waals surface area contributed by atoms with Gasteiger partial charge in [-0.3, -0.25) is 4.79 Å². The summed E-state index contributed by atoms with van der Waals surface area (Å²) in [6, 6.07) is 3.89. The van der Waals surface area contributed by atoms with Crippen LogP contribution in [0.5, 0.6) is 0 Å². The van der Waals surface area contributed by atoms with Crippen LogP contribution < -0.4 is 10.6 Å². The number of esters is 1. The molecule has 0 radical (unpaired) electrons. The van der Waals surface area contributed by atoms with Crippen LogP contribution in [-0.2, 0) is 24.1 Å². The average molecular weight is 395 g/mol. The molecule has 0 bridgehead atoms. The van der Waals surface area contributed by atoms with Gasteiger partial charge in [0.15, 0.2) is 9.84 Å². The van der Waals surface area contributed by atoms with Crippen molar-refractivity contribution in [2.24, 2.45) is 0 Å². The van der Waals surface area contributed by atoms with Gasteiger partial charge in [0.2, 0.25) is 5.91 Å². The molecule has 1 aromatic carbocycles. The van der Waals surface area contributed by atoms with Crippen molar-refractivity contribution in [3.63, 3.8) is 0 Å². The molecule has 25 heavy (non-hydrogen) atoms. The number of carbonyl (C=O) groups excluding carboxylic acids is 2. The predicted molar refractivity (Wildman–Crippen MR) is 96.1 cm³/mol. The lowest BCUT2D eigenvalue weighted by Gasteiger charge is -2.10. The fourth-order valence-electron chi connectivity index (χ4n) is 1.80. The monoisotopic (exact) mass is 394 g/mol. The van der Waals surface area contributed by atoms with Gasteiger partial charge in [0.1, 0.15) is 0 Å². The van der Waals surface area contributed by atoms with Crippen molar-refractivity contribution in [1.29, 1.82) is 0 Å². The van der Waals surface area contributed by atoms with Crippen LogP contribution in [-0.4, -0.2) is 60.0 Å². The quantitative estimate of drug-likeness (QED) is 0.472. The van der Waals surface area contributed by atoms with E-state index in [0.29, 0.717) is 13.2 Å². The summed E-state index contributed by atoms with van der Waals surface area (Å²) in [4.78, 5) is 23.6. The molecule has 10 heteroatoms. The third-order valence-electron chi connectivity index (χ3n) is 2.90. The number of hydrogen-bond acceptors (Lipinski definition) is 7. The van der Waals surface area contributed by atoms with Crippen LogP contribution in [0.25, 0.3) is 0 Å². The molecule has 0 aliphatic carbocycles. The predicted octanol–water partition coefficient (Wildman–Crippen LogP) is 0.863. The average Bonchev–Trinajstić information content (AvgIpc) is 2.50. The Hall–Kier alpha value is -1.68. The standard InChI is InChI=1S/C15H22N2O6S.ClH/c1-4-23-15(19)11-7-12(9-13(8-11)24(3,20)21)17-14(18)10-16-5-6-22-2;/h7-9,16H,4-6,10H2,1-3H3,(H,17,18);1H. The van der Waals surface area contributed by atoms with Gasteiger partial charge in [-0.2, -0.15) is 0 Å². The van der Waals surface area contributed by atoms with Gasteiger partial charge >= 0.3 is 5.97 Å². The molecule has 1 rings (SSSR count). The van der Waals surface area contributed by atoms with Gasteiger partial charge in [0.05, 0.1) is 30.2 Å². The molecule has 0 unspecified atom stereocenters. The maximum atomic E-state index is 11.9. The van der Waals surface area contributed by atoms with Crippen LogP contribution in [0.15, 0.2) is 23.1 Å². The van der Waals surface area contributed by atoms with Gasteiger partial charge in [-0.05, 0) is 25.1 Å². The Morgan fingerprint density at radius 2 is 1.88 bits per heavy atom. The van der Waals surface area contributed by atoms with E-state index in [4.69, 9.17) is 9.47 Å². The minimum Gasteiger partial charge on any atom is -0.462 e. The third-order valence-corrected chi connectivity index (χ3v) is 3.99. The minimum absolute atomic E-state index is 0. The highest BCUT2D eigenvalue weighted by Crippen LogP contribution is 2.20. The van der Waals surface area contributed by atoms with Gasteiger partial charge in [-0.25, -0.2) is 13.2 Å². The summed E-state index contributed by atoms with van der Waals surface area (Å²) in [5, 5.41) is 5.42. The number of sulfone groups is 1. The van der Waals surface area contributed by atoms with Crippen LogP contribution in [0.1, 0.15) is 17.3 Å². The fourth-order valence-corrected chi connectivity index (χ4v) is 2.48. The van der Waals surface area contributed by atoms with Crippen molar-refractivity contribution in [3.05, 3.63) is 23.8 Å². The lowest BCUT2D eigenvalue weighted by molar-refractivity contribution is -0.115. The molecule has 0 fully saturated rings. The number of nitrogens with one attached hydrogen (secondary N) is 2. The van der Waals surface area contributed by atoms with Crippen molar-refractivity contribution < 1.29 is 27.5 Å². The lowest BCUT2D eigenvalue weighted by Crippen LogP contribution is -2.30. The second kappa shape index (κ2) is 11.0. The van der Waals surface area contributed by atoms with E-state index in [-0.39, 0.29) is 47.6 Å². The zero-order valence-electron chi connectivity index (χ0n) is 14.3. The SMILES string of the molecule is CCOC(=O)c1cc(NC(=O)CNCCOC)cc(S(C)(=O)=O)c1.Cl. The van der Waals surface area contributed by atoms with Crippen molar-refractivity contribution in [2.45, 2.75) is 11.8 Å². The number of methoxy groups -OCH3 is 1. The van der Waals surface area contributed by atoms with Crippen LogP contribution in [0.3, 0.4) is 0 Å². The molecule has 0 atom stereocenters. The first kappa shape index (κ1) is 23.3. The molecule has 0 saturated heterocycles. The molecule has 0 heterocycles. The highest BCUT2D eigenvalue weighted by Gasteiger charge is 2.16. The number of halogens is 1. The molecule has 142 valence electrons. The molecule has 1 amide bonds. The third kappa shape index (κ3) is 8.30. The fraction of sp³-hybridized carbons (Fsp3) is 0.467. The molecule has 8 nitrogen and oxygen atoms in total. The second-order valence-electron chi connectivity index (χ2n) is 4.96. The lowest BCUT2D eigenvalue weighted by atomic mass is 10.2. The normalized spacial score (nSPS) is 10.7. The van der Waals surface area contributed by atoms with Crippen LogP contribution >= 0.6 is 12.4 Å². The molecular weight excluding hydrogens is 372 g/mol. The van der Waals surface area contributed by atoms with Gasteiger partial charge < -0.3 is 20.1 Å². The van der Waals surface area contributed by atoms with Crippen molar-refractivity contribution in [3.8, 4) is 0 Å². The maximum Gasteiger partial charge on any atom is 0.338 e. The number of anilines is 1. The zero-order valence-corrected chi connectivity index (χ0v) is 16.0. The molecule has 0 saturated carbocycles. The molecule has 0 aliphatic rings. The topological polar surface area (TPSA) is 111 Å². The zero-order chi connectivity index (χ0) is 18.2. The Balaban J connectivity index is 0.00000576. The van der Waals surface area contributed by atoms with Crippen LogP contribution in [0, 0.1) is 0 Å². The highest BCUT2D eigenvalue weighted by atomic mass is 35.5. The van der Waals surface area contributed by atoms with Gasteiger partial charge in [0.25, 0.3) is 0 Å². The van der Waals surface area contributed by atoms with Crippen LogP contribution in [0.2, 0.25) is 0 Å². The van der Waals surface area contributed by atoms with Gasteiger partial charge in [0, 0.05) is 25.6 Å². The second-order valence-corrected chi connectivity index (χ2v) is 6.97. The number of benzene rings is 1. The first-order valence-electron chi connectivity index (χ1n) is 7.29. The molecule has 2 N–H and O–H groups in total. The molecule has 0 aromatic heterocycles. The molecule has 0 aliphatic heterocycles. The highest BCUT2D eigenvalue weighted by molar-refractivity contribution is 7.90. The molecular formula is C15H23ClN2O6S. The van der Waals surface area contributed by atoms with Crippen molar-refractivity contribution in [1.82, 2.24) is 5.32 Å². The first-order chi connectivity index (χ1) is 11.3. The summed E-state index contributed by atoms with van der Waals surface area (Å²) in [7, 11) is -2.00. The Kier molecular flexibility index (Phi) is 10.3. The van der Waals surface area contributed by atoms with E-state index in [1.54, 1.807) is 14.0 Å². The summed E-state index contributed by atoms with van der Waals surface area (Å²) >= 11 is 0. The van der Waals surface area contributed by atoms with Gasteiger partial charge in [-0.15, -0.1) is 12.4 Å². The van der Waals surface area contributed by atoms with E-state index in [1.165, 1.54) is 18.2 Å². The largest absolute Gasteiger partial charge is 0.462 e. The summed E-state index contributed by atoms with van der Waals surface area (Å²) in [5.74, 6) is -1.02. The summed E-state index contributed by atoms with van der Waals surface area (Å²) in [6.45, 7) is 2.80. The number of hydrogen-bond donors (Lipinski definition) is 2. The number of ether oxygens (including phenoxy) is 2. The Morgan fingerprint density at radius 3 is 2.44 bits per heavy atom. The Bertz CT molecular complexity index is 693. The Labute approximate surface area is 153 Å². The van der Waals surface area contributed by atoms with E-state index in [1.807, 2.05) is 0 Å². The smallest absolute Gasteiger partial charge is 0.338 e. The minimum atomic E-state index is -3.55. The number of rotatable bonds is 9. The summed E-state index contributed by atoms with van der Waals surface area (Å²) in [6.07, 6.45) is 1.02. The van der Waals surface area contributed by atoms with Crippen molar-refractivity contribution in [2.75, 3.05) is 45.0 Å². The van der Waals surface area contributed by atoms with Crippen LogP contribution in [0.4, 0.5) is 5.69 Å². The van der Waals surface area contributed by atoms with Gasteiger partial charge in [-0.1, -0.05) is 0 Å². The number of carbonyl (C=O) groups is 2. The van der Waals surface area contributed by atoms with E-state index in [9.17, 15) is 18.0 Å². The maximum absolute atomic E-state index is 11.9. The first-order valence-corrected chi connectivity index (χ1v) is 9.18. The number of amides is 1. The van der Waals surface area contributed by atoms with Crippen molar-refractivity contribution >= 4 is 39.8 Å².